The molecule has 0 aromatic rings. The van der Waals surface area contributed by atoms with Crippen LogP contribution < -0.4 is 0 Å². The lowest BCUT2D eigenvalue weighted by molar-refractivity contribution is 0.275. The monoisotopic (exact) mass is 272 g/mol. The summed E-state index contributed by atoms with van der Waals surface area (Å²) in [6.07, 6.45) is 4.08. The second kappa shape index (κ2) is 4.59. The summed E-state index contributed by atoms with van der Waals surface area (Å²) in [5, 5.41) is -0.439. The Balaban J connectivity index is 3.12. The van der Waals surface area contributed by atoms with Crippen LogP contribution in [0.3, 0.4) is 0 Å². The Morgan fingerprint density at radius 3 is 1.72 bits per heavy atom. The smallest absolute Gasteiger partial charge is 0.183 e. The van der Waals surface area contributed by atoms with E-state index in [0.29, 0.717) is 6.04 Å². The normalized spacial score (nSPS) is 18.1. The summed E-state index contributed by atoms with van der Waals surface area (Å²) in [7, 11) is -2.51. The summed E-state index contributed by atoms with van der Waals surface area (Å²) >= 11 is 0. The fourth-order valence-electron chi connectivity index (χ4n) is 2.72. The maximum Gasteiger partial charge on any atom is 0.183 e. The molecule has 0 amide bonds. The molecule has 0 aliphatic carbocycles. The molecule has 106 valence electrons. The van der Waals surface area contributed by atoms with Gasteiger partial charge in [0.25, 0.3) is 0 Å². The lowest BCUT2D eigenvalue weighted by Crippen LogP contribution is -2.39. The minimum atomic E-state index is -2.51. The van der Waals surface area contributed by atoms with E-state index in [-0.39, 0.29) is 10.3 Å². The van der Waals surface area contributed by atoms with Crippen molar-refractivity contribution in [2.75, 3.05) is 6.67 Å². The molecule has 0 unspecified atom stereocenters. The molecule has 4 heteroatoms. The zero-order chi connectivity index (χ0) is 14.4. The van der Waals surface area contributed by atoms with Crippen molar-refractivity contribution in [1.29, 1.82) is 0 Å². The number of nitrogens with zero attached hydrogens (tertiary/aromatic N) is 2. The maximum atomic E-state index is 13.7. The van der Waals surface area contributed by atoms with Gasteiger partial charge in [-0.1, -0.05) is 41.5 Å². The molecule has 1 aliphatic rings. The molecular weight excluding hydrogens is 243 g/mol. The molecular formula is C14H29N2OP. The van der Waals surface area contributed by atoms with Crippen LogP contribution in [0.5, 0.6) is 0 Å². The third kappa shape index (κ3) is 2.47. The number of hydrogen-bond acceptors (Lipinski definition) is 2. The standard InChI is InChI=1S/C14H29N2OP/c1-12(2)15-9-10-16(11-15)18(17,13(3,4)5)14(6,7)8/h9-10,12H,11H2,1-8H3. The topological polar surface area (TPSA) is 23.6 Å². The van der Waals surface area contributed by atoms with Crippen LogP contribution >= 0.6 is 7.29 Å². The van der Waals surface area contributed by atoms with Gasteiger partial charge in [-0.3, -0.25) is 4.57 Å². The number of rotatable bonds is 2. The second-order valence-corrected chi connectivity index (χ2v) is 11.8. The zero-order valence-corrected chi connectivity index (χ0v) is 14.1. The highest BCUT2D eigenvalue weighted by atomic mass is 31.2. The number of hydrogen-bond donors (Lipinski definition) is 0. The Morgan fingerprint density at radius 1 is 1.00 bits per heavy atom. The molecule has 0 saturated carbocycles. The zero-order valence-electron chi connectivity index (χ0n) is 13.2. The third-order valence-electron chi connectivity index (χ3n) is 3.58. The van der Waals surface area contributed by atoms with Crippen LogP contribution in [0.15, 0.2) is 12.4 Å². The van der Waals surface area contributed by atoms with E-state index in [1.807, 2.05) is 6.20 Å². The van der Waals surface area contributed by atoms with Crippen LogP contribution in [-0.4, -0.2) is 32.6 Å². The van der Waals surface area contributed by atoms with E-state index in [4.69, 9.17) is 0 Å². The Labute approximate surface area is 113 Å². The van der Waals surface area contributed by atoms with Crippen LogP contribution in [0, 0.1) is 0 Å². The van der Waals surface area contributed by atoms with Gasteiger partial charge in [0, 0.05) is 28.8 Å². The first kappa shape index (κ1) is 15.6. The van der Waals surface area contributed by atoms with Gasteiger partial charge in [-0.15, -0.1) is 0 Å². The summed E-state index contributed by atoms with van der Waals surface area (Å²) in [5.74, 6) is 0. The average Bonchev–Trinajstić information content (AvgIpc) is 2.61. The van der Waals surface area contributed by atoms with Crippen LogP contribution in [0.25, 0.3) is 0 Å². The molecule has 0 saturated heterocycles. The van der Waals surface area contributed by atoms with Crippen molar-refractivity contribution < 1.29 is 4.57 Å². The maximum absolute atomic E-state index is 13.7. The van der Waals surface area contributed by atoms with Crippen LogP contribution in [0.2, 0.25) is 0 Å². The van der Waals surface area contributed by atoms with Crippen molar-refractivity contribution >= 4 is 7.29 Å². The summed E-state index contributed by atoms with van der Waals surface area (Å²) in [6.45, 7) is 17.6. The van der Waals surface area contributed by atoms with E-state index in [2.05, 4.69) is 71.2 Å². The molecule has 1 aliphatic heterocycles. The molecule has 0 atom stereocenters. The van der Waals surface area contributed by atoms with Crippen molar-refractivity contribution in [3.8, 4) is 0 Å². The lowest BCUT2D eigenvalue weighted by Gasteiger charge is -2.46. The van der Waals surface area contributed by atoms with Gasteiger partial charge in [0.1, 0.15) is 0 Å². The Hall–Kier alpha value is -0.430. The van der Waals surface area contributed by atoms with E-state index >= 15 is 0 Å². The quantitative estimate of drug-likeness (QED) is 0.700. The first-order chi connectivity index (χ1) is 7.91. The molecule has 0 radical (unpaired) electrons. The van der Waals surface area contributed by atoms with Gasteiger partial charge in [0.05, 0.1) is 6.67 Å². The largest absolute Gasteiger partial charge is 0.356 e. The van der Waals surface area contributed by atoms with Gasteiger partial charge in [0.2, 0.25) is 0 Å². The Kier molecular flexibility index (Phi) is 3.99. The van der Waals surface area contributed by atoms with E-state index in [1.165, 1.54) is 0 Å². The van der Waals surface area contributed by atoms with Crippen molar-refractivity contribution in [3.63, 3.8) is 0 Å². The third-order valence-corrected chi connectivity index (χ3v) is 8.20. The van der Waals surface area contributed by atoms with E-state index < -0.39 is 7.29 Å². The highest BCUT2D eigenvalue weighted by Crippen LogP contribution is 2.69. The first-order valence-electron chi connectivity index (χ1n) is 6.72. The van der Waals surface area contributed by atoms with Crippen molar-refractivity contribution in [2.45, 2.75) is 71.7 Å². The predicted octanol–water partition coefficient (Wildman–Crippen LogP) is 4.32. The minimum absolute atomic E-state index is 0.220. The summed E-state index contributed by atoms with van der Waals surface area (Å²) in [6, 6.07) is 0.444. The molecule has 0 N–H and O–H groups in total. The van der Waals surface area contributed by atoms with Gasteiger partial charge in [-0.05, 0) is 13.8 Å². The van der Waals surface area contributed by atoms with Crippen molar-refractivity contribution in [2.24, 2.45) is 0 Å². The molecule has 0 bridgehead atoms. The lowest BCUT2D eigenvalue weighted by atomic mass is 10.2. The molecule has 0 fully saturated rings. The minimum Gasteiger partial charge on any atom is -0.356 e. The summed E-state index contributed by atoms with van der Waals surface area (Å²) < 4.78 is 15.8. The molecule has 1 rings (SSSR count). The SMILES string of the molecule is CC(C)N1C=CN(P(=O)(C(C)(C)C)C(C)(C)C)C1. The Morgan fingerprint density at radius 2 is 1.44 bits per heavy atom. The van der Waals surface area contributed by atoms with E-state index in [1.54, 1.807) is 0 Å². The molecule has 0 aromatic carbocycles. The molecule has 1 heterocycles. The van der Waals surface area contributed by atoms with Crippen LogP contribution in [0.4, 0.5) is 0 Å². The van der Waals surface area contributed by atoms with Gasteiger partial charge in [-0.25, -0.2) is 0 Å². The van der Waals surface area contributed by atoms with E-state index in [0.717, 1.165) is 6.67 Å². The molecule has 0 aromatic heterocycles. The van der Waals surface area contributed by atoms with E-state index in [9.17, 15) is 4.57 Å². The highest BCUT2D eigenvalue weighted by molar-refractivity contribution is 7.64. The van der Waals surface area contributed by atoms with Crippen LogP contribution in [-0.2, 0) is 4.57 Å². The summed E-state index contributed by atoms with van der Waals surface area (Å²) in [4.78, 5) is 2.23. The molecule has 18 heavy (non-hydrogen) atoms. The summed E-state index contributed by atoms with van der Waals surface area (Å²) in [5.41, 5.74) is 0. The van der Waals surface area contributed by atoms with Crippen molar-refractivity contribution in [3.05, 3.63) is 12.4 Å². The Bertz CT molecular complexity index is 356. The molecule has 0 spiro atoms. The predicted molar refractivity (Wildman–Crippen MR) is 79.9 cm³/mol. The van der Waals surface area contributed by atoms with Gasteiger partial charge in [0.15, 0.2) is 7.29 Å². The van der Waals surface area contributed by atoms with Crippen LogP contribution in [0.1, 0.15) is 55.4 Å². The van der Waals surface area contributed by atoms with Gasteiger partial charge >= 0.3 is 0 Å². The fraction of sp³-hybridized carbons (Fsp3) is 0.857. The second-order valence-electron chi connectivity index (χ2n) is 7.40. The highest BCUT2D eigenvalue weighted by Gasteiger charge is 2.50. The first-order valence-corrected chi connectivity index (χ1v) is 8.38. The average molecular weight is 272 g/mol. The van der Waals surface area contributed by atoms with Crippen molar-refractivity contribution in [1.82, 2.24) is 9.57 Å². The van der Waals surface area contributed by atoms with Gasteiger partial charge < -0.3 is 9.57 Å². The van der Waals surface area contributed by atoms with Gasteiger partial charge in [-0.2, -0.15) is 0 Å². The molecule has 3 nitrogen and oxygen atoms in total. The fourth-order valence-corrected chi connectivity index (χ4v) is 6.84.